The average molecular weight is 233 g/mol. The normalized spacial score (nSPS) is 26.4. The summed E-state index contributed by atoms with van der Waals surface area (Å²) >= 11 is 0. The van der Waals surface area contributed by atoms with Gasteiger partial charge < -0.3 is 14.8 Å². The van der Waals surface area contributed by atoms with Crippen LogP contribution in [0.3, 0.4) is 0 Å². The maximum absolute atomic E-state index is 11.4. The van der Waals surface area contributed by atoms with Gasteiger partial charge in [0, 0.05) is 5.56 Å². The van der Waals surface area contributed by atoms with Crippen molar-refractivity contribution in [3.63, 3.8) is 0 Å². The van der Waals surface area contributed by atoms with Gasteiger partial charge in [0.15, 0.2) is 6.04 Å². The van der Waals surface area contributed by atoms with Gasteiger partial charge in [-0.3, -0.25) is 0 Å². The van der Waals surface area contributed by atoms with Crippen LogP contribution in [0.5, 0.6) is 0 Å². The molecule has 1 aromatic carbocycles. The fourth-order valence-electron chi connectivity index (χ4n) is 2.79. The number of nitrogens with one attached hydrogen (secondary N) is 1. The molecule has 1 unspecified atom stereocenters. The van der Waals surface area contributed by atoms with Crippen LogP contribution < -0.4 is 10.0 Å². The fourth-order valence-corrected chi connectivity index (χ4v) is 2.79. The molecule has 0 aliphatic carbocycles. The van der Waals surface area contributed by atoms with Gasteiger partial charge in [-0.1, -0.05) is 30.3 Å². The lowest BCUT2D eigenvalue weighted by Crippen LogP contribution is -3.17. The summed E-state index contributed by atoms with van der Waals surface area (Å²) < 4.78 is 0. The van der Waals surface area contributed by atoms with E-state index in [1.165, 1.54) is 6.42 Å². The van der Waals surface area contributed by atoms with Crippen molar-refractivity contribution in [3.05, 3.63) is 35.9 Å². The van der Waals surface area contributed by atoms with Crippen molar-refractivity contribution >= 4 is 5.97 Å². The second-order valence-corrected chi connectivity index (χ2v) is 4.88. The van der Waals surface area contributed by atoms with Crippen molar-refractivity contribution in [2.45, 2.75) is 38.3 Å². The molecule has 3 atom stereocenters. The molecule has 1 aliphatic heterocycles. The van der Waals surface area contributed by atoms with Crippen LogP contribution >= 0.6 is 0 Å². The first-order chi connectivity index (χ1) is 8.20. The zero-order valence-corrected chi connectivity index (χ0v) is 10.2. The maximum Gasteiger partial charge on any atom is 0.154 e. The lowest BCUT2D eigenvalue weighted by Gasteiger charge is -2.37. The van der Waals surface area contributed by atoms with Gasteiger partial charge in [0.05, 0.1) is 12.6 Å². The highest BCUT2D eigenvalue weighted by Gasteiger charge is 2.31. The molecular weight excluding hydrogens is 214 g/mol. The summed E-state index contributed by atoms with van der Waals surface area (Å²) in [6.45, 7) is 3.06. The van der Waals surface area contributed by atoms with Gasteiger partial charge >= 0.3 is 0 Å². The second-order valence-electron chi connectivity index (χ2n) is 4.88. The van der Waals surface area contributed by atoms with Crippen LogP contribution in [-0.4, -0.2) is 18.6 Å². The Labute approximate surface area is 102 Å². The van der Waals surface area contributed by atoms with Gasteiger partial charge in [-0.15, -0.1) is 0 Å². The van der Waals surface area contributed by atoms with Crippen LogP contribution in [0.4, 0.5) is 0 Å². The van der Waals surface area contributed by atoms with Crippen LogP contribution in [0.2, 0.25) is 0 Å². The molecule has 92 valence electrons. The average Bonchev–Trinajstić information content (AvgIpc) is 2.33. The molecule has 0 aromatic heterocycles. The van der Waals surface area contributed by atoms with E-state index in [1.807, 2.05) is 30.3 Å². The lowest BCUT2D eigenvalue weighted by atomic mass is 9.97. The number of hydrogen-bond donors (Lipinski definition) is 1. The van der Waals surface area contributed by atoms with Crippen LogP contribution in [0, 0.1) is 0 Å². The molecule has 0 bridgehead atoms. The Bertz CT molecular complexity index is 377. The summed E-state index contributed by atoms with van der Waals surface area (Å²) in [5.74, 6) is -0.958. The van der Waals surface area contributed by atoms with Gasteiger partial charge in [-0.25, -0.2) is 0 Å². The SMILES string of the molecule is C[C@@H]1CCCC[NH+]1[C@H](C(=O)[O-])c1ccccc1. The molecule has 1 aromatic rings. The van der Waals surface area contributed by atoms with E-state index >= 15 is 0 Å². The molecule has 1 N–H and O–H groups in total. The quantitative estimate of drug-likeness (QED) is 0.794. The molecule has 1 aliphatic rings. The molecule has 3 nitrogen and oxygen atoms in total. The second kappa shape index (κ2) is 5.32. The number of piperidine rings is 1. The number of carbonyl (C=O) groups is 1. The van der Waals surface area contributed by atoms with Gasteiger partial charge in [-0.05, 0) is 26.2 Å². The van der Waals surface area contributed by atoms with Gasteiger partial charge in [0.25, 0.3) is 0 Å². The van der Waals surface area contributed by atoms with Crippen molar-refractivity contribution in [2.24, 2.45) is 0 Å². The Morgan fingerprint density at radius 1 is 1.35 bits per heavy atom. The van der Waals surface area contributed by atoms with Crippen molar-refractivity contribution in [1.82, 2.24) is 0 Å². The molecular formula is C14H19NO2. The summed E-state index contributed by atoms with van der Waals surface area (Å²) in [5, 5.41) is 11.4. The standard InChI is InChI=1S/C14H19NO2/c1-11-7-5-6-10-15(11)13(14(16)17)12-8-3-2-4-9-12/h2-4,8-9,11,13H,5-7,10H2,1H3,(H,16,17)/t11-,13+/m1/s1. The van der Waals surface area contributed by atoms with Crippen molar-refractivity contribution < 1.29 is 14.8 Å². The monoisotopic (exact) mass is 233 g/mol. The third kappa shape index (κ3) is 2.67. The van der Waals surface area contributed by atoms with E-state index in [4.69, 9.17) is 0 Å². The van der Waals surface area contributed by atoms with Gasteiger partial charge in [-0.2, -0.15) is 0 Å². The summed E-state index contributed by atoms with van der Waals surface area (Å²) in [6.07, 6.45) is 3.42. The number of rotatable bonds is 3. The van der Waals surface area contributed by atoms with Crippen LogP contribution in [0.1, 0.15) is 37.8 Å². The predicted octanol–water partition coefficient (Wildman–Crippen LogP) is -0.0651. The minimum Gasteiger partial charge on any atom is -0.544 e. The first-order valence-corrected chi connectivity index (χ1v) is 6.31. The highest BCUT2D eigenvalue weighted by Crippen LogP contribution is 2.12. The number of benzene rings is 1. The van der Waals surface area contributed by atoms with E-state index in [0.717, 1.165) is 29.8 Å². The molecule has 1 heterocycles. The smallest absolute Gasteiger partial charge is 0.154 e. The number of carbonyl (C=O) groups excluding carboxylic acids is 1. The highest BCUT2D eigenvalue weighted by molar-refractivity contribution is 5.71. The molecule has 0 amide bonds. The first-order valence-electron chi connectivity index (χ1n) is 6.31. The van der Waals surface area contributed by atoms with Crippen molar-refractivity contribution in [3.8, 4) is 0 Å². The maximum atomic E-state index is 11.4. The Hall–Kier alpha value is -1.35. The number of quaternary nitrogens is 1. The number of hydrogen-bond acceptors (Lipinski definition) is 2. The number of carboxylic acids is 1. The van der Waals surface area contributed by atoms with E-state index in [-0.39, 0.29) is 0 Å². The van der Waals surface area contributed by atoms with Crippen LogP contribution in [0.25, 0.3) is 0 Å². The molecule has 0 saturated carbocycles. The van der Waals surface area contributed by atoms with Gasteiger partial charge in [0.1, 0.15) is 5.97 Å². The topological polar surface area (TPSA) is 44.6 Å². The molecule has 17 heavy (non-hydrogen) atoms. The number of carboxylic acid groups (broad SMARTS) is 1. The van der Waals surface area contributed by atoms with E-state index in [2.05, 4.69) is 6.92 Å². The Morgan fingerprint density at radius 3 is 2.65 bits per heavy atom. The molecule has 0 radical (unpaired) electrons. The summed E-state index contributed by atoms with van der Waals surface area (Å²) in [4.78, 5) is 12.6. The summed E-state index contributed by atoms with van der Waals surface area (Å²) in [7, 11) is 0. The lowest BCUT2D eigenvalue weighted by molar-refractivity contribution is -0.952. The Kier molecular flexibility index (Phi) is 3.79. The van der Waals surface area contributed by atoms with E-state index in [1.54, 1.807) is 0 Å². The Morgan fingerprint density at radius 2 is 2.06 bits per heavy atom. The number of likely N-dealkylation sites (tertiary alicyclic amines) is 1. The zero-order chi connectivity index (χ0) is 12.3. The summed E-state index contributed by atoms with van der Waals surface area (Å²) in [5.41, 5.74) is 0.858. The Balaban J connectivity index is 2.26. The third-order valence-electron chi connectivity index (χ3n) is 3.72. The first kappa shape index (κ1) is 12.1. The van der Waals surface area contributed by atoms with Gasteiger partial charge in [0.2, 0.25) is 0 Å². The molecule has 0 spiro atoms. The van der Waals surface area contributed by atoms with Crippen molar-refractivity contribution in [2.75, 3.05) is 6.54 Å². The fraction of sp³-hybridized carbons (Fsp3) is 0.500. The molecule has 1 fully saturated rings. The van der Waals surface area contributed by atoms with Crippen molar-refractivity contribution in [1.29, 1.82) is 0 Å². The number of aliphatic carboxylic acids is 1. The minimum absolute atomic E-state index is 0.395. The molecule has 1 saturated heterocycles. The molecule has 3 heteroatoms. The van der Waals surface area contributed by atoms with Crippen LogP contribution in [-0.2, 0) is 4.79 Å². The zero-order valence-electron chi connectivity index (χ0n) is 10.2. The molecule has 2 rings (SSSR count). The van der Waals surface area contributed by atoms with E-state index in [0.29, 0.717) is 6.04 Å². The largest absolute Gasteiger partial charge is 0.544 e. The summed E-state index contributed by atoms with van der Waals surface area (Å²) in [6, 6.07) is 9.32. The highest BCUT2D eigenvalue weighted by atomic mass is 16.4. The van der Waals surface area contributed by atoms with E-state index in [9.17, 15) is 9.90 Å². The predicted molar refractivity (Wildman–Crippen MR) is 63.3 cm³/mol. The van der Waals surface area contributed by atoms with E-state index < -0.39 is 12.0 Å². The third-order valence-corrected chi connectivity index (χ3v) is 3.72. The minimum atomic E-state index is -0.958. The van der Waals surface area contributed by atoms with Crippen LogP contribution in [0.15, 0.2) is 30.3 Å².